The standard InChI is InChI=1S/C14H16N4O9S3.Na/c1-30(24,25)6-9-16-17-13(29-9)28-5-8(19)15-7-4-26-18(11(7)21)14(12(22)23)3-2-10(20)27-14;/h7H,2-6H2,1H3,(H,15,19)(H,22,23);/q;+1/p-1/t7-,14?;/m0./s1. The Bertz CT molecular complexity index is 1000. The number of ether oxygens (including phenoxy) is 1. The summed E-state index contributed by atoms with van der Waals surface area (Å²) in [6.07, 6.45) is 0.511. The molecular formula is C14H15N4NaO9S3. The number of carboxylic acid groups (broad SMARTS) is 1. The summed E-state index contributed by atoms with van der Waals surface area (Å²) in [5, 5.41) is 22.1. The number of thioether (sulfide) groups is 1. The number of cyclic esters (lactones) is 1. The smallest absolute Gasteiger partial charge is 0.544 e. The van der Waals surface area contributed by atoms with E-state index in [1.54, 1.807) is 0 Å². The van der Waals surface area contributed by atoms with E-state index in [-0.39, 0.29) is 65.5 Å². The number of nitrogens with zero attached hydrogens (tertiary/aromatic N) is 3. The molecule has 31 heavy (non-hydrogen) atoms. The van der Waals surface area contributed by atoms with Gasteiger partial charge >= 0.3 is 35.5 Å². The van der Waals surface area contributed by atoms with Crippen LogP contribution in [0.1, 0.15) is 17.8 Å². The Hall–Kier alpha value is -1.30. The van der Waals surface area contributed by atoms with Crippen molar-refractivity contribution in [1.29, 1.82) is 0 Å². The Morgan fingerprint density at radius 1 is 1.39 bits per heavy atom. The molecule has 13 nitrogen and oxygen atoms in total. The first-order chi connectivity index (χ1) is 14.0. The summed E-state index contributed by atoms with van der Waals surface area (Å²) < 4.78 is 27.6. The van der Waals surface area contributed by atoms with Gasteiger partial charge in [0.1, 0.15) is 29.4 Å². The van der Waals surface area contributed by atoms with Crippen LogP contribution >= 0.6 is 23.1 Å². The van der Waals surface area contributed by atoms with Gasteiger partial charge in [0.2, 0.25) is 5.91 Å². The average molecular weight is 502 g/mol. The molecule has 0 radical (unpaired) electrons. The number of aliphatic carboxylic acids is 1. The predicted octanol–water partition coefficient (Wildman–Crippen LogP) is -5.78. The molecule has 1 N–H and O–H groups in total. The molecule has 1 aromatic rings. The zero-order valence-corrected chi connectivity index (χ0v) is 20.8. The van der Waals surface area contributed by atoms with Crippen LogP contribution in [0.25, 0.3) is 0 Å². The van der Waals surface area contributed by atoms with Crippen LogP contribution in [0.3, 0.4) is 0 Å². The third kappa shape index (κ3) is 6.15. The molecule has 2 amide bonds. The Morgan fingerprint density at radius 2 is 2.10 bits per heavy atom. The van der Waals surface area contributed by atoms with Crippen molar-refractivity contribution < 1.29 is 71.8 Å². The van der Waals surface area contributed by atoms with E-state index < -0.39 is 45.4 Å². The quantitative estimate of drug-likeness (QED) is 0.202. The van der Waals surface area contributed by atoms with Crippen LogP contribution in [0.15, 0.2) is 4.34 Å². The minimum absolute atomic E-state index is 0. The van der Waals surface area contributed by atoms with E-state index in [1.807, 2.05) is 0 Å². The van der Waals surface area contributed by atoms with Gasteiger partial charge in [-0.2, -0.15) is 5.06 Å². The molecule has 2 aliphatic rings. The first kappa shape index (κ1) is 26.0. The molecule has 1 aromatic heterocycles. The van der Waals surface area contributed by atoms with E-state index in [1.165, 1.54) is 0 Å². The molecule has 164 valence electrons. The number of nitrogens with one attached hydrogen (secondary N) is 1. The van der Waals surface area contributed by atoms with Gasteiger partial charge in [-0.3, -0.25) is 19.2 Å². The van der Waals surface area contributed by atoms with Gasteiger partial charge < -0.3 is 20.0 Å². The number of hydrogen-bond acceptors (Lipinski definition) is 13. The molecule has 0 bridgehead atoms. The van der Waals surface area contributed by atoms with Gasteiger partial charge in [-0.1, -0.05) is 23.1 Å². The minimum Gasteiger partial charge on any atom is -0.544 e. The summed E-state index contributed by atoms with van der Waals surface area (Å²) in [7, 11) is -3.26. The van der Waals surface area contributed by atoms with Crippen LogP contribution < -0.4 is 40.0 Å². The second-order valence-electron chi connectivity index (χ2n) is 6.41. The van der Waals surface area contributed by atoms with Crippen molar-refractivity contribution in [3.63, 3.8) is 0 Å². The molecule has 1 unspecified atom stereocenters. The van der Waals surface area contributed by atoms with Gasteiger partial charge in [0.15, 0.2) is 14.2 Å². The second kappa shape index (κ2) is 10.1. The fourth-order valence-electron chi connectivity index (χ4n) is 2.69. The van der Waals surface area contributed by atoms with Crippen LogP contribution in [0.5, 0.6) is 0 Å². The van der Waals surface area contributed by atoms with Gasteiger partial charge in [-0.25, -0.2) is 8.42 Å². The molecular weight excluding hydrogens is 487 g/mol. The van der Waals surface area contributed by atoms with E-state index in [0.717, 1.165) is 29.4 Å². The number of carbonyl (C=O) groups is 4. The number of rotatable bonds is 8. The summed E-state index contributed by atoms with van der Waals surface area (Å²) in [5.41, 5.74) is -2.36. The maximum absolute atomic E-state index is 12.5. The Morgan fingerprint density at radius 3 is 2.68 bits per heavy atom. The Kier molecular flexibility index (Phi) is 8.45. The third-order valence-corrected chi connectivity index (χ3v) is 7.00. The van der Waals surface area contributed by atoms with Crippen molar-refractivity contribution in [2.24, 2.45) is 0 Å². The molecule has 0 aliphatic carbocycles. The van der Waals surface area contributed by atoms with Crippen LogP contribution in [-0.4, -0.2) is 77.8 Å². The number of hydroxylamine groups is 2. The summed E-state index contributed by atoms with van der Waals surface area (Å²) in [5.74, 6) is -4.49. The molecule has 2 saturated heterocycles. The van der Waals surface area contributed by atoms with Gasteiger partial charge in [0, 0.05) is 12.7 Å². The second-order valence-corrected chi connectivity index (χ2v) is 10.8. The monoisotopic (exact) mass is 502 g/mol. The summed E-state index contributed by atoms with van der Waals surface area (Å²) in [4.78, 5) is 52.5. The summed E-state index contributed by atoms with van der Waals surface area (Å²) in [6, 6.07) is -1.18. The fourth-order valence-corrected chi connectivity index (χ4v) is 5.57. The van der Waals surface area contributed by atoms with Crippen molar-refractivity contribution in [2.45, 2.75) is 34.7 Å². The minimum atomic E-state index is -3.26. The molecule has 0 spiro atoms. The molecule has 3 heterocycles. The molecule has 2 atom stereocenters. The SMILES string of the molecule is CS(=O)(=O)Cc1nnc(SCC(=O)N[C@H]2CON(C3(C(=O)[O-])CCC(=O)O3)C2=O)s1.[Na+]. The molecule has 3 rings (SSSR count). The first-order valence-corrected chi connectivity index (χ1v) is 12.2. The van der Waals surface area contributed by atoms with Crippen molar-refractivity contribution >= 4 is 56.7 Å². The molecule has 17 heteroatoms. The summed E-state index contributed by atoms with van der Waals surface area (Å²) in [6.45, 7) is -0.348. The van der Waals surface area contributed by atoms with Crippen LogP contribution in [0.2, 0.25) is 0 Å². The number of aromatic nitrogens is 2. The van der Waals surface area contributed by atoms with E-state index in [0.29, 0.717) is 9.40 Å². The van der Waals surface area contributed by atoms with Crippen LogP contribution in [-0.2, 0) is 44.3 Å². The van der Waals surface area contributed by atoms with Gasteiger partial charge in [0.25, 0.3) is 11.6 Å². The number of amides is 2. The molecule has 2 fully saturated rings. The largest absolute Gasteiger partial charge is 1.00 e. The van der Waals surface area contributed by atoms with Gasteiger partial charge in [-0.15, -0.1) is 10.2 Å². The molecule has 0 saturated carbocycles. The summed E-state index contributed by atoms with van der Waals surface area (Å²) >= 11 is 2.02. The third-order valence-electron chi connectivity index (χ3n) is 3.96. The number of carbonyl (C=O) groups excluding carboxylic acids is 4. The zero-order valence-electron chi connectivity index (χ0n) is 16.4. The normalized spacial score (nSPS) is 23.4. The van der Waals surface area contributed by atoms with Gasteiger partial charge in [-0.05, 0) is 0 Å². The number of sulfone groups is 1. The number of esters is 1. The van der Waals surface area contributed by atoms with E-state index in [2.05, 4.69) is 15.5 Å². The Labute approximate surface area is 206 Å². The first-order valence-electron chi connectivity index (χ1n) is 8.33. The van der Waals surface area contributed by atoms with E-state index in [4.69, 9.17) is 9.57 Å². The van der Waals surface area contributed by atoms with Crippen molar-refractivity contribution in [3.8, 4) is 0 Å². The number of hydrogen-bond donors (Lipinski definition) is 1. The van der Waals surface area contributed by atoms with Crippen molar-refractivity contribution in [3.05, 3.63) is 5.01 Å². The predicted molar refractivity (Wildman–Crippen MR) is 97.0 cm³/mol. The topological polar surface area (TPSA) is 185 Å². The Balaban J connectivity index is 0.00000341. The maximum atomic E-state index is 12.5. The van der Waals surface area contributed by atoms with E-state index >= 15 is 0 Å². The van der Waals surface area contributed by atoms with E-state index in [9.17, 15) is 32.7 Å². The fraction of sp³-hybridized carbons (Fsp3) is 0.571. The number of carboxylic acids is 1. The zero-order chi connectivity index (χ0) is 22.1. The molecule has 2 aliphatic heterocycles. The van der Waals surface area contributed by atoms with Crippen molar-refractivity contribution in [1.82, 2.24) is 20.6 Å². The van der Waals surface area contributed by atoms with Crippen LogP contribution in [0, 0.1) is 0 Å². The van der Waals surface area contributed by atoms with Crippen molar-refractivity contribution in [2.75, 3.05) is 18.6 Å². The molecule has 0 aromatic carbocycles. The van der Waals surface area contributed by atoms with Gasteiger partial charge in [0.05, 0.1) is 12.2 Å². The average Bonchev–Trinajstić information content (AvgIpc) is 3.33. The van der Waals surface area contributed by atoms with Crippen LogP contribution in [0.4, 0.5) is 0 Å². The maximum Gasteiger partial charge on any atom is 1.00 e.